The van der Waals surface area contributed by atoms with E-state index < -0.39 is 0 Å². The highest BCUT2D eigenvalue weighted by Crippen LogP contribution is 2.31. The second-order valence-corrected chi connectivity index (χ2v) is 5.37. The number of carbonyl (C=O) groups is 1. The van der Waals surface area contributed by atoms with Crippen LogP contribution in [0.15, 0.2) is 24.3 Å². The minimum atomic E-state index is -0.372. The standard InChI is InChI=1S/C14H20N2O2/c1-14(2,7-8-17)16-13(18)11-9-15-12-6-4-3-5-10(11)12/h3-6,11,15,17H,7-9H2,1-2H3,(H,16,18). The maximum Gasteiger partial charge on any atom is 0.229 e. The minimum Gasteiger partial charge on any atom is -0.396 e. The van der Waals surface area contributed by atoms with Gasteiger partial charge in [0.1, 0.15) is 0 Å². The van der Waals surface area contributed by atoms with Crippen molar-refractivity contribution in [3.8, 4) is 0 Å². The van der Waals surface area contributed by atoms with Crippen LogP contribution < -0.4 is 10.6 Å². The predicted octanol–water partition coefficient (Wildman–Crippen LogP) is 1.47. The summed E-state index contributed by atoms with van der Waals surface area (Å²) in [7, 11) is 0. The Morgan fingerprint density at radius 2 is 2.22 bits per heavy atom. The van der Waals surface area contributed by atoms with Crippen molar-refractivity contribution in [2.45, 2.75) is 31.7 Å². The summed E-state index contributed by atoms with van der Waals surface area (Å²) >= 11 is 0. The van der Waals surface area contributed by atoms with E-state index in [9.17, 15) is 4.79 Å². The van der Waals surface area contributed by atoms with Crippen molar-refractivity contribution in [3.63, 3.8) is 0 Å². The molecule has 2 rings (SSSR count). The van der Waals surface area contributed by atoms with E-state index in [0.717, 1.165) is 11.3 Å². The molecular weight excluding hydrogens is 228 g/mol. The molecule has 0 aromatic heterocycles. The van der Waals surface area contributed by atoms with Crippen LogP contribution in [-0.4, -0.2) is 29.7 Å². The number of rotatable bonds is 4. The molecule has 3 N–H and O–H groups in total. The Hall–Kier alpha value is -1.55. The number of aliphatic hydroxyl groups excluding tert-OH is 1. The summed E-state index contributed by atoms with van der Waals surface area (Å²) in [6.45, 7) is 4.57. The van der Waals surface area contributed by atoms with Crippen LogP contribution in [0.5, 0.6) is 0 Å². The van der Waals surface area contributed by atoms with E-state index in [1.807, 2.05) is 38.1 Å². The Bertz CT molecular complexity index is 443. The van der Waals surface area contributed by atoms with Crippen LogP contribution in [0, 0.1) is 0 Å². The zero-order valence-electron chi connectivity index (χ0n) is 10.9. The molecule has 0 aliphatic carbocycles. The van der Waals surface area contributed by atoms with Gasteiger partial charge in [-0.3, -0.25) is 4.79 Å². The van der Waals surface area contributed by atoms with E-state index >= 15 is 0 Å². The van der Waals surface area contributed by atoms with E-state index in [1.54, 1.807) is 0 Å². The Kier molecular flexibility index (Phi) is 3.57. The number of hydrogen-bond donors (Lipinski definition) is 3. The first-order valence-corrected chi connectivity index (χ1v) is 6.29. The van der Waals surface area contributed by atoms with E-state index in [0.29, 0.717) is 13.0 Å². The van der Waals surface area contributed by atoms with Gasteiger partial charge in [-0.05, 0) is 31.9 Å². The fourth-order valence-corrected chi connectivity index (χ4v) is 2.28. The lowest BCUT2D eigenvalue weighted by Gasteiger charge is -2.27. The fraction of sp³-hybridized carbons (Fsp3) is 0.500. The number of carbonyl (C=O) groups excluding carboxylic acids is 1. The summed E-state index contributed by atoms with van der Waals surface area (Å²) in [4.78, 5) is 12.3. The van der Waals surface area contributed by atoms with Gasteiger partial charge in [-0.1, -0.05) is 18.2 Å². The number of nitrogens with one attached hydrogen (secondary N) is 2. The van der Waals surface area contributed by atoms with E-state index in [4.69, 9.17) is 5.11 Å². The summed E-state index contributed by atoms with van der Waals surface area (Å²) in [6, 6.07) is 7.88. The van der Waals surface area contributed by atoms with Crippen molar-refractivity contribution in [1.29, 1.82) is 0 Å². The summed E-state index contributed by atoms with van der Waals surface area (Å²) in [5, 5.41) is 15.2. The second kappa shape index (κ2) is 4.98. The number of benzene rings is 1. The molecule has 1 amide bonds. The maximum absolute atomic E-state index is 12.3. The van der Waals surface area contributed by atoms with Crippen LogP contribution in [0.25, 0.3) is 0 Å². The topological polar surface area (TPSA) is 61.4 Å². The third-order valence-electron chi connectivity index (χ3n) is 3.35. The van der Waals surface area contributed by atoms with Gasteiger partial charge in [0.2, 0.25) is 5.91 Å². The van der Waals surface area contributed by atoms with Crippen LogP contribution in [0.1, 0.15) is 31.7 Å². The molecule has 1 aromatic rings. The number of anilines is 1. The zero-order chi connectivity index (χ0) is 13.2. The first kappa shape index (κ1) is 12.9. The average molecular weight is 248 g/mol. The quantitative estimate of drug-likeness (QED) is 0.756. The lowest BCUT2D eigenvalue weighted by Crippen LogP contribution is -2.46. The van der Waals surface area contributed by atoms with Gasteiger partial charge in [0, 0.05) is 24.4 Å². The highest BCUT2D eigenvalue weighted by Gasteiger charge is 2.31. The highest BCUT2D eigenvalue weighted by molar-refractivity contribution is 5.88. The van der Waals surface area contributed by atoms with Crippen molar-refractivity contribution in [1.82, 2.24) is 5.32 Å². The van der Waals surface area contributed by atoms with Crippen molar-refractivity contribution < 1.29 is 9.90 Å². The molecule has 0 spiro atoms. The molecule has 4 nitrogen and oxygen atoms in total. The monoisotopic (exact) mass is 248 g/mol. The normalized spacial score (nSPS) is 18.1. The zero-order valence-corrected chi connectivity index (χ0v) is 10.9. The molecule has 4 heteroatoms. The largest absolute Gasteiger partial charge is 0.396 e. The third kappa shape index (κ3) is 2.64. The SMILES string of the molecule is CC(C)(CCO)NC(=O)C1CNc2ccccc21. The van der Waals surface area contributed by atoms with Crippen LogP contribution in [-0.2, 0) is 4.79 Å². The van der Waals surface area contributed by atoms with Gasteiger partial charge in [0.25, 0.3) is 0 Å². The predicted molar refractivity (Wildman–Crippen MR) is 71.6 cm³/mol. The van der Waals surface area contributed by atoms with Crippen LogP contribution >= 0.6 is 0 Å². The van der Waals surface area contributed by atoms with Crippen molar-refractivity contribution in [3.05, 3.63) is 29.8 Å². The average Bonchev–Trinajstić information content (AvgIpc) is 2.71. The van der Waals surface area contributed by atoms with Gasteiger partial charge in [-0.2, -0.15) is 0 Å². The van der Waals surface area contributed by atoms with E-state index in [1.165, 1.54) is 0 Å². The number of amides is 1. The first-order valence-electron chi connectivity index (χ1n) is 6.29. The molecule has 98 valence electrons. The number of fused-ring (bicyclic) bond motifs is 1. The van der Waals surface area contributed by atoms with Gasteiger partial charge in [-0.15, -0.1) is 0 Å². The van der Waals surface area contributed by atoms with Gasteiger partial charge in [-0.25, -0.2) is 0 Å². The molecular formula is C14H20N2O2. The molecule has 1 heterocycles. The Labute approximate surface area is 107 Å². The molecule has 0 saturated carbocycles. The van der Waals surface area contributed by atoms with Gasteiger partial charge in [0.05, 0.1) is 5.92 Å². The Balaban J connectivity index is 2.08. The molecule has 1 atom stereocenters. The summed E-state index contributed by atoms with van der Waals surface area (Å²) in [5.74, 6) is -0.120. The summed E-state index contributed by atoms with van der Waals surface area (Å²) in [6.07, 6.45) is 0.556. The minimum absolute atomic E-state index is 0.0194. The smallest absolute Gasteiger partial charge is 0.229 e. The molecule has 0 radical (unpaired) electrons. The van der Waals surface area contributed by atoms with Gasteiger partial charge >= 0.3 is 0 Å². The van der Waals surface area contributed by atoms with Gasteiger partial charge in [0.15, 0.2) is 0 Å². The summed E-state index contributed by atoms with van der Waals surface area (Å²) in [5.41, 5.74) is 1.72. The van der Waals surface area contributed by atoms with Crippen LogP contribution in [0.3, 0.4) is 0 Å². The molecule has 0 saturated heterocycles. The first-order chi connectivity index (χ1) is 8.53. The lowest BCUT2D eigenvalue weighted by molar-refractivity contribution is -0.123. The molecule has 1 aromatic carbocycles. The second-order valence-electron chi connectivity index (χ2n) is 5.37. The van der Waals surface area contributed by atoms with Crippen LogP contribution in [0.2, 0.25) is 0 Å². The molecule has 1 unspecified atom stereocenters. The lowest BCUT2D eigenvalue weighted by atomic mass is 9.96. The Morgan fingerprint density at radius 3 is 2.94 bits per heavy atom. The van der Waals surface area contributed by atoms with Crippen molar-refractivity contribution in [2.75, 3.05) is 18.5 Å². The van der Waals surface area contributed by atoms with Gasteiger partial charge < -0.3 is 15.7 Å². The molecule has 0 fully saturated rings. The molecule has 0 bridgehead atoms. The number of hydrogen-bond acceptors (Lipinski definition) is 3. The maximum atomic E-state index is 12.3. The fourth-order valence-electron chi connectivity index (χ4n) is 2.28. The number of para-hydroxylation sites is 1. The van der Waals surface area contributed by atoms with E-state index in [2.05, 4.69) is 10.6 Å². The molecule has 18 heavy (non-hydrogen) atoms. The van der Waals surface area contributed by atoms with Crippen LogP contribution in [0.4, 0.5) is 5.69 Å². The number of aliphatic hydroxyl groups is 1. The molecule has 1 aliphatic rings. The summed E-state index contributed by atoms with van der Waals surface area (Å²) < 4.78 is 0. The highest BCUT2D eigenvalue weighted by atomic mass is 16.3. The van der Waals surface area contributed by atoms with E-state index in [-0.39, 0.29) is 24.0 Å². The third-order valence-corrected chi connectivity index (χ3v) is 3.35. The van der Waals surface area contributed by atoms with Crippen molar-refractivity contribution in [2.24, 2.45) is 0 Å². The Morgan fingerprint density at radius 1 is 1.50 bits per heavy atom. The molecule has 1 aliphatic heterocycles. The van der Waals surface area contributed by atoms with Crippen molar-refractivity contribution >= 4 is 11.6 Å².